The first-order valence-corrected chi connectivity index (χ1v) is 8.91. The molecule has 1 aliphatic carbocycles. The van der Waals surface area contributed by atoms with Crippen molar-refractivity contribution < 1.29 is 9.53 Å². The van der Waals surface area contributed by atoms with Crippen LogP contribution in [0.1, 0.15) is 26.2 Å². The molecule has 1 amide bonds. The summed E-state index contributed by atoms with van der Waals surface area (Å²) in [6, 6.07) is 1.87. The van der Waals surface area contributed by atoms with E-state index >= 15 is 0 Å². The van der Waals surface area contributed by atoms with E-state index in [9.17, 15) is 4.79 Å². The number of nitrogens with two attached hydrogens (primary N) is 1. The van der Waals surface area contributed by atoms with Crippen molar-refractivity contribution in [3.8, 4) is 17.1 Å². The number of aromatic nitrogens is 5. The Kier molecular flexibility index (Phi) is 4.18. The summed E-state index contributed by atoms with van der Waals surface area (Å²) in [5.41, 5.74) is 8.51. The maximum Gasteiger partial charge on any atom is 0.244 e. The number of aryl methyl sites for hydroxylation is 1. The van der Waals surface area contributed by atoms with E-state index in [4.69, 9.17) is 10.5 Å². The summed E-state index contributed by atoms with van der Waals surface area (Å²) in [6.07, 6.45) is 11.7. The molecule has 2 N–H and O–H groups in total. The van der Waals surface area contributed by atoms with E-state index in [2.05, 4.69) is 15.2 Å². The summed E-state index contributed by atoms with van der Waals surface area (Å²) in [5, 5.41) is 8.52. The van der Waals surface area contributed by atoms with Gasteiger partial charge in [0, 0.05) is 29.8 Å². The fourth-order valence-electron chi connectivity index (χ4n) is 3.20. The Morgan fingerprint density at radius 2 is 2.19 bits per heavy atom. The number of carbonyl (C=O) groups excluding carboxylic acids is 1. The lowest BCUT2D eigenvalue weighted by atomic mass is 9.97. The van der Waals surface area contributed by atoms with Crippen LogP contribution in [-0.2, 0) is 11.8 Å². The van der Waals surface area contributed by atoms with Gasteiger partial charge in [0.05, 0.1) is 30.9 Å². The van der Waals surface area contributed by atoms with E-state index in [1.807, 2.05) is 32.4 Å². The topological polar surface area (TPSA) is 100 Å². The largest absolute Gasteiger partial charge is 0.476 e. The Morgan fingerprint density at radius 3 is 2.81 bits per heavy atom. The van der Waals surface area contributed by atoms with E-state index in [-0.39, 0.29) is 11.3 Å². The van der Waals surface area contributed by atoms with E-state index in [1.54, 1.807) is 27.7 Å². The zero-order valence-corrected chi connectivity index (χ0v) is 15.4. The summed E-state index contributed by atoms with van der Waals surface area (Å²) < 4.78 is 9.60. The highest BCUT2D eigenvalue weighted by atomic mass is 16.5. The minimum absolute atomic E-state index is 0.0418. The van der Waals surface area contributed by atoms with Crippen LogP contribution in [0.3, 0.4) is 0 Å². The standard InChI is InChI=1S/C19H22N6O2/c1-3-13(17(20)26)8-19(5-6-19)12-27-18-16-4-7-21-25(16)11-15(23-18)14-9-22-24(2)10-14/h3-4,7,9-11H,5-6,8,12H2,1-2H3,(H2,20,26)/b13-3-. The quantitative estimate of drug-likeness (QED) is 0.646. The second-order valence-corrected chi connectivity index (χ2v) is 7.14. The lowest BCUT2D eigenvalue weighted by molar-refractivity contribution is -0.114. The van der Waals surface area contributed by atoms with Crippen LogP contribution in [-0.4, -0.2) is 36.9 Å². The minimum Gasteiger partial charge on any atom is -0.476 e. The fourth-order valence-corrected chi connectivity index (χ4v) is 3.20. The predicted molar refractivity (Wildman–Crippen MR) is 99.9 cm³/mol. The van der Waals surface area contributed by atoms with E-state index in [0.29, 0.717) is 24.5 Å². The predicted octanol–water partition coefficient (Wildman–Crippen LogP) is 2.11. The van der Waals surface area contributed by atoms with Crippen molar-refractivity contribution in [2.24, 2.45) is 18.2 Å². The maximum absolute atomic E-state index is 11.5. The second kappa shape index (κ2) is 6.53. The van der Waals surface area contributed by atoms with Crippen LogP contribution >= 0.6 is 0 Å². The van der Waals surface area contributed by atoms with E-state index in [1.165, 1.54) is 0 Å². The molecule has 3 aromatic rings. The SMILES string of the molecule is C/C=C(/CC1(COc2nc(-c3cnn(C)c3)cn3nccc23)CC1)C(N)=O. The molecule has 8 nitrogen and oxygen atoms in total. The van der Waals surface area contributed by atoms with Gasteiger partial charge < -0.3 is 10.5 Å². The maximum atomic E-state index is 11.5. The van der Waals surface area contributed by atoms with Gasteiger partial charge in [0.1, 0.15) is 5.52 Å². The summed E-state index contributed by atoms with van der Waals surface area (Å²) in [4.78, 5) is 16.2. The molecule has 3 aromatic heterocycles. The first-order valence-electron chi connectivity index (χ1n) is 8.91. The molecule has 27 heavy (non-hydrogen) atoms. The molecule has 0 atom stereocenters. The molecule has 0 radical (unpaired) electrons. The van der Waals surface area contributed by atoms with Crippen molar-refractivity contribution in [2.75, 3.05) is 6.61 Å². The van der Waals surface area contributed by atoms with Gasteiger partial charge in [-0.05, 0) is 32.3 Å². The fraction of sp³-hybridized carbons (Fsp3) is 0.368. The molecular formula is C19H22N6O2. The van der Waals surface area contributed by atoms with Crippen LogP contribution < -0.4 is 10.5 Å². The highest BCUT2D eigenvalue weighted by Crippen LogP contribution is 2.50. The van der Waals surface area contributed by atoms with Gasteiger partial charge in [-0.3, -0.25) is 9.48 Å². The van der Waals surface area contributed by atoms with Crippen LogP contribution in [0.5, 0.6) is 5.88 Å². The Balaban J connectivity index is 1.59. The van der Waals surface area contributed by atoms with Crippen molar-refractivity contribution in [3.63, 3.8) is 0 Å². The monoisotopic (exact) mass is 366 g/mol. The number of nitrogens with zero attached hydrogens (tertiary/aromatic N) is 5. The first kappa shape index (κ1) is 17.3. The van der Waals surface area contributed by atoms with Crippen LogP contribution in [0, 0.1) is 5.41 Å². The highest BCUT2D eigenvalue weighted by Gasteiger charge is 2.44. The number of carbonyl (C=O) groups is 1. The van der Waals surface area contributed by atoms with E-state index in [0.717, 1.165) is 29.6 Å². The number of fused-ring (bicyclic) bond motifs is 1. The molecule has 1 fully saturated rings. The molecule has 1 saturated carbocycles. The minimum atomic E-state index is -0.362. The number of ether oxygens (including phenoxy) is 1. The molecule has 0 spiro atoms. The number of hydrogen-bond acceptors (Lipinski definition) is 5. The normalized spacial score (nSPS) is 15.9. The van der Waals surface area contributed by atoms with Crippen LogP contribution in [0.2, 0.25) is 0 Å². The van der Waals surface area contributed by atoms with Crippen molar-refractivity contribution in [2.45, 2.75) is 26.2 Å². The second-order valence-electron chi connectivity index (χ2n) is 7.14. The third-order valence-corrected chi connectivity index (χ3v) is 5.06. The molecule has 140 valence electrons. The average molecular weight is 366 g/mol. The molecule has 0 unspecified atom stereocenters. The van der Waals surface area contributed by atoms with Crippen LogP contribution in [0.15, 0.2) is 42.5 Å². The number of amides is 1. The molecule has 0 bridgehead atoms. The number of primary amides is 1. The molecule has 0 saturated heterocycles. The summed E-state index contributed by atoms with van der Waals surface area (Å²) >= 11 is 0. The Bertz CT molecular complexity index is 1030. The first-order chi connectivity index (χ1) is 13.0. The molecule has 1 aliphatic rings. The van der Waals surface area contributed by atoms with Gasteiger partial charge in [-0.1, -0.05) is 6.08 Å². The van der Waals surface area contributed by atoms with Crippen molar-refractivity contribution in [3.05, 3.63) is 42.5 Å². The zero-order chi connectivity index (χ0) is 19.0. The van der Waals surface area contributed by atoms with Gasteiger partial charge in [0.25, 0.3) is 0 Å². The van der Waals surface area contributed by atoms with Crippen molar-refractivity contribution >= 4 is 11.4 Å². The number of rotatable bonds is 7. The molecule has 8 heteroatoms. The molecule has 0 aromatic carbocycles. The third-order valence-electron chi connectivity index (χ3n) is 5.06. The summed E-state index contributed by atoms with van der Waals surface area (Å²) in [5.74, 6) is 0.167. The van der Waals surface area contributed by atoms with Gasteiger partial charge >= 0.3 is 0 Å². The lowest BCUT2D eigenvalue weighted by Gasteiger charge is -2.17. The summed E-state index contributed by atoms with van der Waals surface area (Å²) in [6.45, 7) is 2.33. The highest BCUT2D eigenvalue weighted by molar-refractivity contribution is 5.92. The summed E-state index contributed by atoms with van der Waals surface area (Å²) in [7, 11) is 1.86. The van der Waals surface area contributed by atoms with Crippen molar-refractivity contribution in [1.29, 1.82) is 0 Å². The van der Waals surface area contributed by atoms with Crippen LogP contribution in [0.4, 0.5) is 0 Å². The molecular weight excluding hydrogens is 344 g/mol. The van der Waals surface area contributed by atoms with Gasteiger partial charge in [-0.15, -0.1) is 0 Å². The zero-order valence-electron chi connectivity index (χ0n) is 15.4. The molecule has 3 heterocycles. The van der Waals surface area contributed by atoms with Gasteiger partial charge in [-0.25, -0.2) is 9.50 Å². The van der Waals surface area contributed by atoms with Crippen molar-refractivity contribution in [1.82, 2.24) is 24.4 Å². The van der Waals surface area contributed by atoms with Gasteiger partial charge in [-0.2, -0.15) is 10.2 Å². The van der Waals surface area contributed by atoms with Crippen LogP contribution in [0.25, 0.3) is 16.8 Å². The lowest BCUT2D eigenvalue weighted by Crippen LogP contribution is -2.21. The molecule has 0 aliphatic heterocycles. The van der Waals surface area contributed by atoms with Gasteiger partial charge in [0.2, 0.25) is 11.8 Å². The average Bonchev–Trinajstić information content (AvgIpc) is 3.03. The Hall–Kier alpha value is -3.16. The Morgan fingerprint density at radius 1 is 1.37 bits per heavy atom. The number of allylic oxidation sites excluding steroid dienone is 1. The van der Waals surface area contributed by atoms with Gasteiger partial charge in [0.15, 0.2) is 0 Å². The third kappa shape index (κ3) is 3.42. The Labute approximate surface area is 156 Å². The number of hydrogen-bond donors (Lipinski definition) is 1. The molecule has 4 rings (SSSR count). The smallest absolute Gasteiger partial charge is 0.244 e. The van der Waals surface area contributed by atoms with E-state index < -0.39 is 0 Å².